The lowest BCUT2D eigenvalue weighted by Crippen LogP contribution is -2.40. The summed E-state index contributed by atoms with van der Waals surface area (Å²) in [5.41, 5.74) is 0.591. The molecular weight excluding hydrogens is 286 g/mol. The monoisotopic (exact) mass is 305 g/mol. The molecule has 1 amide bonds. The zero-order chi connectivity index (χ0) is 14.8. The number of aliphatic hydroxyl groups is 1. The van der Waals surface area contributed by atoms with Gasteiger partial charge in [0.25, 0.3) is 0 Å². The van der Waals surface area contributed by atoms with Gasteiger partial charge in [-0.05, 0) is 43.2 Å². The van der Waals surface area contributed by atoms with Gasteiger partial charge in [-0.2, -0.15) is 5.26 Å². The number of rotatable bonds is 4. The molecule has 0 radical (unpaired) electrons. The Kier molecular flexibility index (Phi) is 4.24. The lowest BCUT2D eigenvalue weighted by Gasteiger charge is -2.23. The first-order chi connectivity index (χ1) is 10.2. The first-order valence-corrected chi connectivity index (χ1v) is 8.26. The number of nitriles is 1. The van der Waals surface area contributed by atoms with Crippen molar-refractivity contribution in [1.82, 2.24) is 4.90 Å². The number of carbonyl (C=O) groups excluding carboxylic acids is 1. The summed E-state index contributed by atoms with van der Waals surface area (Å²) in [4.78, 5) is 16.7. The molecule has 1 N–H and O–H groups in total. The maximum atomic E-state index is 12.7. The number of amides is 1. The number of hydrogen-bond acceptors (Lipinski definition) is 5. The molecule has 112 valence electrons. The van der Waals surface area contributed by atoms with Crippen molar-refractivity contribution in [3.05, 3.63) is 17.0 Å². The summed E-state index contributed by atoms with van der Waals surface area (Å²) in [6.07, 6.45) is 2.71. The Labute approximate surface area is 128 Å². The largest absolute Gasteiger partial charge is 0.396 e. The number of anilines is 1. The summed E-state index contributed by atoms with van der Waals surface area (Å²) in [5.74, 6) is 0.631. The quantitative estimate of drug-likeness (QED) is 0.914. The summed E-state index contributed by atoms with van der Waals surface area (Å²) in [5, 5.41) is 20.8. The Morgan fingerprint density at radius 3 is 3.05 bits per heavy atom. The van der Waals surface area contributed by atoms with Gasteiger partial charge in [-0.3, -0.25) is 9.69 Å². The fourth-order valence-corrected chi connectivity index (χ4v) is 4.25. The molecule has 2 aliphatic heterocycles. The SMILES string of the molecule is N#Cc1ccsc1N1CC[C@@H](N2CC[C@@H](CCO)C2)C1=O. The maximum absolute atomic E-state index is 12.7. The molecule has 3 heterocycles. The molecule has 0 unspecified atom stereocenters. The molecule has 2 aliphatic rings. The second-order valence-electron chi connectivity index (χ2n) is 5.71. The van der Waals surface area contributed by atoms with Gasteiger partial charge < -0.3 is 10.0 Å². The number of thiophene rings is 1. The van der Waals surface area contributed by atoms with E-state index in [4.69, 9.17) is 10.4 Å². The van der Waals surface area contributed by atoms with Crippen LogP contribution < -0.4 is 4.90 Å². The summed E-state index contributed by atoms with van der Waals surface area (Å²) >= 11 is 1.46. The fourth-order valence-electron chi connectivity index (χ4n) is 3.36. The number of nitrogens with zero attached hydrogens (tertiary/aromatic N) is 3. The van der Waals surface area contributed by atoms with Crippen molar-refractivity contribution >= 4 is 22.2 Å². The lowest BCUT2D eigenvalue weighted by molar-refractivity contribution is -0.121. The van der Waals surface area contributed by atoms with E-state index in [9.17, 15) is 4.79 Å². The van der Waals surface area contributed by atoms with E-state index in [1.807, 2.05) is 5.38 Å². The topological polar surface area (TPSA) is 67.6 Å². The van der Waals surface area contributed by atoms with Crippen LogP contribution in [-0.4, -0.2) is 48.2 Å². The molecule has 1 aromatic rings. The summed E-state index contributed by atoms with van der Waals surface area (Å²) < 4.78 is 0. The van der Waals surface area contributed by atoms with E-state index in [0.29, 0.717) is 18.0 Å². The minimum absolute atomic E-state index is 0.0534. The van der Waals surface area contributed by atoms with Crippen molar-refractivity contribution in [3.63, 3.8) is 0 Å². The van der Waals surface area contributed by atoms with Crippen LogP contribution in [0.25, 0.3) is 0 Å². The Hall–Kier alpha value is -1.42. The number of likely N-dealkylation sites (tertiary alicyclic amines) is 1. The highest BCUT2D eigenvalue weighted by atomic mass is 32.1. The number of carbonyl (C=O) groups is 1. The smallest absolute Gasteiger partial charge is 0.245 e. The molecule has 21 heavy (non-hydrogen) atoms. The first kappa shape index (κ1) is 14.5. The normalized spacial score (nSPS) is 26.5. The Morgan fingerprint density at radius 1 is 1.43 bits per heavy atom. The van der Waals surface area contributed by atoms with Gasteiger partial charge in [-0.25, -0.2) is 0 Å². The van der Waals surface area contributed by atoms with Gasteiger partial charge in [0.2, 0.25) is 5.91 Å². The van der Waals surface area contributed by atoms with Crippen LogP contribution in [0.1, 0.15) is 24.8 Å². The Balaban J connectivity index is 1.69. The van der Waals surface area contributed by atoms with E-state index >= 15 is 0 Å². The highest BCUT2D eigenvalue weighted by Crippen LogP contribution is 2.33. The third-order valence-corrected chi connectivity index (χ3v) is 5.42. The third-order valence-electron chi connectivity index (χ3n) is 4.48. The van der Waals surface area contributed by atoms with Gasteiger partial charge in [0.15, 0.2) is 0 Å². The Bertz CT molecular complexity index is 566. The molecular formula is C15H19N3O2S. The zero-order valence-electron chi connectivity index (χ0n) is 11.9. The van der Waals surface area contributed by atoms with Crippen LogP contribution in [0, 0.1) is 17.2 Å². The van der Waals surface area contributed by atoms with E-state index in [0.717, 1.165) is 37.4 Å². The van der Waals surface area contributed by atoms with Crippen LogP contribution in [0.4, 0.5) is 5.00 Å². The second-order valence-corrected chi connectivity index (χ2v) is 6.60. The van der Waals surface area contributed by atoms with Gasteiger partial charge in [0, 0.05) is 19.7 Å². The van der Waals surface area contributed by atoms with E-state index in [-0.39, 0.29) is 18.6 Å². The summed E-state index contributed by atoms with van der Waals surface area (Å²) in [6, 6.07) is 3.87. The molecule has 0 saturated carbocycles. The zero-order valence-corrected chi connectivity index (χ0v) is 12.7. The van der Waals surface area contributed by atoms with Gasteiger partial charge in [-0.15, -0.1) is 11.3 Å². The van der Waals surface area contributed by atoms with Crippen LogP contribution in [0.2, 0.25) is 0 Å². The highest BCUT2D eigenvalue weighted by Gasteiger charge is 2.40. The molecule has 3 rings (SSSR count). The lowest BCUT2D eigenvalue weighted by atomic mass is 10.1. The summed E-state index contributed by atoms with van der Waals surface area (Å²) in [6.45, 7) is 2.76. The van der Waals surface area contributed by atoms with Crippen LogP contribution in [0.15, 0.2) is 11.4 Å². The van der Waals surface area contributed by atoms with Crippen LogP contribution in [-0.2, 0) is 4.79 Å². The van der Waals surface area contributed by atoms with Gasteiger partial charge >= 0.3 is 0 Å². The minimum atomic E-state index is -0.0534. The van der Waals surface area contributed by atoms with Gasteiger partial charge in [0.1, 0.15) is 11.1 Å². The maximum Gasteiger partial charge on any atom is 0.245 e. The average Bonchev–Trinajstić information content (AvgIpc) is 3.17. The summed E-state index contributed by atoms with van der Waals surface area (Å²) in [7, 11) is 0. The van der Waals surface area contributed by atoms with E-state index in [1.165, 1.54) is 11.3 Å². The second kappa shape index (κ2) is 6.14. The fraction of sp³-hybridized carbons (Fsp3) is 0.600. The van der Waals surface area contributed by atoms with Crippen molar-refractivity contribution in [1.29, 1.82) is 5.26 Å². The molecule has 0 aromatic carbocycles. The van der Waals surface area contributed by atoms with Crippen molar-refractivity contribution in [3.8, 4) is 6.07 Å². The number of aliphatic hydroxyl groups excluding tert-OH is 1. The average molecular weight is 305 g/mol. The standard InChI is InChI=1S/C15H19N3O2S/c16-9-12-4-8-21-15(12)18-6-2-13(14(18)20)17-5-1-11(10-17)3-7-19/h4,8,11,13,19H,1-3,5-7,10H2/t11-,13+/m0/s1. The molecule has 0 spiro atoms. The van der Waals surface area contributed by atoms with E-state index in [2.05, 4.69) is 11.0 Å². The van der Waals surface area contributed by atoms with E-state index in [1.54, 1.807) is 11.0 Å². The minimum Gasteiger partial charge on any atom is -0.396 e. The number of hydrogen-bond donors (Lipinski definition) is 1. The van der Waals surface area contributed by atoms with Crippen molar-refractivity contribution in [2.24, 2.45) is 5.92 Å². The predicted molar refractivity (Wildman–Crippen MR) is 81.2 cm³/mol. The molecule has 0 bridgehead atoms. The van der Waals surface area contributed by atoms with Crippen molar-refractivity contribution in [2.45, 2.75) is 25.3 Å². The molecule has 1 aromatic heterocycles. The molecule has 2 fully saturated rings. The Morgan fingerprint density at radius 2 is 2.29 bits per heavy atom. The highest BCUT2D eigenvalue weighted by molar-refractivity contribution is 7.14. The van der Waals surface area contributed by atoms with E-state index < -0.39 is 0 Å². The van der Waals surface area contributed by atoms with Crippen LogP contribution in [0.5, 0.6) is 0 Å². The van der Waals surface area contributed by atoms with Crippen molar-refractivity contribution < 1.29 is 9.90 Å². The molecule has 2 atom stereocenters. The molecule has 2 saturated heterocycles. The van der Waals surface area contributed by atoms with Crippen molar-refractivity contribution in [2.75, 3.05) is 31.1 Å². The van der Waals surface area contributed by atoms with Gasteiger partial charge in [0.05, 0.1) is 11.6 Å². The van der Waals surface area contributed by atoms with Crippen LogP contribution >= 0.6 is 11.3 Å². The molecule has 0 aliphatic carbocycles. The third kappa shape index (κ3) is 2.69. The molecule has 5 nitrogen and oxygen atoms in total. The first-order valence-electron chi connectivity index (χ1n) is 7.38. The van der Waals surface area contributed by atoms with Gasteiger partial charge in [-0.1, -0.05) is 0 Å². The predicted octanol–water partition coefficient (Wildman–Crippen LogP) is 1.43. The van der Waals surface area contributed by atoms with Crippen LogP contribution in [0.3, 0.4) is 0 Å². The molecule has 6 heteroatoms.